The van der Waals surface area contributed by atoms with Crippen LogP contribution < -0.4 is 0 Å². The summed E-state index contributed by atoms with van der Waals surface area (Å²) in [4.78, 5) is 10.2. The fourth-order valence-electron chi connectivity index (χ4n) is 0.337. The Hall–Kier alpha value is 1.34. The monoisotopic (exact) mass is 313 g/mol. The van der Waals surface area contributed by atoms with E-state index in [-0.39, 0.29) is 37.2 Å². The Morgan fingerprint density at radius 3 is 1.80 bits per heavy atom. The Balaban J connectivity index is -0.0000000600. The molecule has 0 heterocycles. The second-order valence-electron chi connectivity index (χ2n) is 1.56. The molecule has 0 atom stereocenters. The van der Waals surface area contributed by atoms with Gasteiger partial charge in [-0.25, -0.2) is 0 Å². The summed E-state index contributed by atoms with van der Waals surface area (Å²) in [6.07, 6.45) is 1.87. The van der Waals surface area contributed by atoms with Gasteiger partial charge in [0.25, 0.3) is 0 Å². The molecule has 0 aromatic rings. The van der Waals surface area contributed by atoms with Crippen LogP contribution in [-0.4, -0.2) is 28.3 Å². The van der Waals surface area contributed by atoms with Crippen LogP contribution in [-0.2, 0) is 4.79 Å². The summed E-state index contributed by atoms with van der Waals surface area (Å²) in [5.41, 5.74) is 0. The molecule has 0 rings (SSSR count). The number of rotatable bonds is 3. The Morgan fingerprint density at radius 2 is 1.70 bits per heavy atom. The average Bonchev–Trinajstić information content (AvgIpc) is 1.61. The van der Waals surface area contributed by atoms with Crippen LogP contribution in [0.4, 0.5) is 0 Å². The summed E-state index contributed by atoms with van der Waals surface area (Å²) >= 11 is 1.54. The maximum atomic E-state index is 10.2. The third-order valence-electron chi connectivity index (χ3n) is 0.706. The standard InChI is InChI=1S/C5H9O.3ClH.Sn/c1-3-4-5(2)6;;;;/h1,3-4H2,2H3;3*1H;. The van der Waals surface area contributed by atoms with Crippen molar-refractivity contribution in [1.29, 1.82) is 0 Å². The van der Waals surface area contributed by atoms with Crippen molar-refractivity contribution >= 4 is 65.5 Å². The van der Waals surface area contributed by atoms with E-state index in [4.69, 9.17) is 0 Å². The van der Waals surface area contributed by atoms with Crippen LogP contribution in [0.2, 0.25) is 4.44 Å². The van der Waals surface area contributed by atoms with Crippen LogP contribution in [0.3, 0.4) is 0 Å². The first kappa shape index (κ1) is 22.5. The van der Waals surface area contributed by atoms with Crippen molar-refractivity contribution in [2.45, 2.75) is 24.2 Å². The SMILES string of the molecule is CC(=O)CC[CH2][Sn].Cl.Cl.Cl. The predicted octanol–water partition coefficient (Wildman–Crippen LogP) is 2.21. The number of ketones is 1. The van der Waals surface area contributed by atoms with Crippen molar-refractivity contribution in [3.63, 3.8) is 0 Å². The van der Waals surface area contributed by atoms with Crippen LogP contribution in [0.5, 0.6) is 0 Å². The minimum absolute atomic E-state index is 0. The van der Waals surface area contributed by atoms with Crippen molar-refractivity contribution in [2.75, 3.05) is 0 Å². The van der Waals surface area contributed by atoms with Gasteiger partial charge in [0.2, 0.25) is 0 Å². The Kier molecular flexibility index (Phi) is 37.7. The Labute approximate surface area is 94.0 Å². The van der Waals surface area contributed by atoms with E-state index >= 15 is 0 Å². The molecular weight excluding hydrogens is 301 g/mol. The van der Waals surface area contributed by atoms with Crippen LogP contribution in [0.15, 0.2) is 0 Å². The Morgan fingerprint density at radius 1 is 1.30 bits per heavy atom. The summed E-state index contributed by atoms with van der Waals surface area (Å²) in [5, 5.41) is 0. The summed E-state index contributed by atoms with van der Waals surface area (Å²) in [6, 6.07) is 0. The van der Waals surface area contributed by atoms with Gasteiger partial charge in [0.15, 0.2) is 0 Å². The van der Waals surface area contributed by atoms with E-state index in [9.17, 15) is 4.79 Å². The first-order valence-electron chi connectivity index (χ1n) is 2.41. The van der Waals surface area contributed by atoms with Gasteiger partial charge in [-0.2, -0.15) is 0 Å². The first-order chi connectivity index (χ1) is 3.27. The van der Waals surface area contributed by atoms with Gasteiger partial charge in [0.05, 0.1) is 0 Å². The third kappa shape index (κ3) is 22.8. The fourth-order valence-corrected chi connectivity index (χ4v) is 0.842. The van der Waals surface area contributed by atoms with Crippen LogP contribution >= 0.6 is 37.2 Å². The molecule has 10 heavy (non-hydrogen) atoms. The van der Waals surface area contributed by atoms with Crippen LogP contribution in [0.1, 0.15) is 19.8 Å². The number of Topliss-reactive ketones (excluding diaryl/α,β-unsaturated/α-hetero) is 1. The number of carbonyl (C=O) groups is 1. The summed E-state index contributed by atoms with van der Waals surface area (Å²) < 4.78 is 1.21. The number of hydrogen-bond donors (Lipinski definition) is 0. The van der Waals surface area contributed by atoms with E-state index in [1.54, 1.807) is 6.92 Å². The average molecular weight is 313 g/mol. The van der Waals surface area contributed by atoms with Gasteiger partial charge in [0.1, 0.15) is 0 Å². The van der Waals surface area contributed by atoms with Gasteiger partial charge in [-0.1, -0.05) is 0 Å². The molecule has 0 saturated carbocycles. The molecule has 0 aromatic carbocycles. The second kappa shape index (κ2) is 16.7. The van der Waals surface area contributed by atoms with Gasteiger partial charge in [-0.15, -0.1) is 37.2 Å². The van der Waals surface area contributed by atoms with Gasteiger partial charge in [0, 0.05) is 0 Å². The van der Waals surface area contributed by atoms with Crippen molar-refractivity contribution < 1.29 is 4.79 Å². The van der Waals surface area contributed by atoms with E-state index in [2.05, 4.69) is 0 Å². The van der Waals surface area contributed by atoms with E-state index in [1.165, 1.54) is 27.0 Å². The molecule has 0 bridgehead atoms. The number of hydrogen-bond acceptors (Lipinski definition) is 1. The molecule has 0 aliphatic rings. The number of carbonyl (C=O) groups excluding carboxylic acids is 1. The molecule has 0 aliphatic carbocycles. The first-order valence-corrected chi connectivity index (χ1v) is 4.43. The minimum Gasteiger partial charge on any atom is -0.147 e. The fraction of sp³-hybridized carbons (Fsp3) is 0.800. The Bertz CT molecular complexity index is 69.9. The largest absolute Gasteiger partial charge is 0.147 e. The molecule has 5 heteroatoms. The van der Waals surface area contributed by atoms with Crippen molar-refractivity contribution in [3.05, 3.63) is 0 Å². The molecule has 0 aromatic heterocycles. The van der Waals surface area contributed by atoms with E-state index in [0.717, 1.165) is 12.8 Å². The zero-order valence-corrected chi connectivity index (χ0v) is 11.1. The smallest absolute Gasteiger partial charge is 0.147 e. The molecule has 63 valence electrons. The minimum atomic E-state index is 0. The molecule has 0 amide bonds. The van der Waals surface area contributed by atoms with Gasteiger partial charge >= 0.3 is 57.3 Å². The normalized spacial score (nSPS) is 6.20. The molecule has 0 N–H and O–H groups in total. The van der Waals surface area contributed by atoms with Crippen molar-refractivity contribution in [3.8, 4) is 0 Å². The van der Waals surface area contributed by atoms with Gasteiger partial charge in [-0.3, -0.25) is 0 Å². The van der Waals surface area contributed by atoms with Crippen LogP contribution in [0, 0.1) is 0 Å². The van der Waals surface area contributed by atoms with Gasteiger partial charge in [-0.05, 0) is 0 Å². The second-order valence-corrected chi connectivity index (χ2v) is 2.98. The zero-order valence-electron chi connectivity index (χ0n) is 5.75. The maximum Gasteiger partial charge on any atom is -0.147 e. The maximum absolute atomic E-state index is 10.2. The van der Waals surface area contributed by atoms with E-state index in [0.29, 0.717) is 5.78 Å². The predicted molar refractivity (Wildman–Crippen MR) is 52.2 cm³/mol. The van der Waals surface area contributed by atoms with E-state index in [1.807, 2.05) is 0 Å². The third-order valence-corrected chi connectivity index (χ3v) is 1.71. The van der Waals surface area contributed by atoms with Crippen LogP contribution in [0.25, 0.3) is 0 Å². The quantitative estimate of drug-likeness (QED) is 0.730. The molecule has 0 saturated heterocycles. The molecule has 3 radical (unpaired) electrons. The summed E-state index contributed by atoms with van der Waals surface area (Å²) in [7, 11) is 0. The molecular formula is C5H12Cl3OSn. The summed E-state index contributed by atoms with van der Waals surface area (Å²) in [6.45, 7) is 1.64. The topological polar surface area (TPSA) is 17.1 Å². The molecule has 0 fully saturated rings. The molecule has 0 aliphatic heterocycles. The molecule has 1 nitrogen and oxygen atoms in total. The van der Waals surface area contributed by atoms with E-state index < -0.39 is 0 Å². The molecule has 0 unspecified atom stereocenters. The zero-order chi connectivity index (χ0) is 5.70. The van der Waals surface area contributed by atoms with Gasteiger partial charge < -0.3 is 0 Å². The number of halogens is 3. The summed E-state index contributed by atoms with van der Waals surface area (Å²) in [5.74, 6) is 0.322. The molecule has 0 spiro atoms. The van der Waals surface area contributed by atoms with Crippen molar-refractivity contribution in [2.24, 2.45) is 0 Å². The van der Waals surface area contributed by atoms with Crippen molar-refractivity contribution in [1.82, 2.24) is 0 Å².